The molecular formula is C20H27ClN4OS. The second kappa shape index (κ2) is 9.11. The van der Waals surface area contributed by atoms with Gasteiger partial charge in [-0.3, -0.25) is 4.79 Å². The van der Waals surface area contributed by atoms with Crippen LogP contribution in [0.25, 0.3) is 11.4 Å². The fourth-order valence-corrected chi connectivity index (χ4v) is 4.69. The van der Waals surface area contributed by atoms with Crippen LogP contribution in [0.4, 0.5) is 0 Å². The number of nitrogens with zero attached hydrogens (tertiary/aromatic N) is 3. The minimum atomic E-state index is 0.0703. The SMILES string of the molecule is CCn1c(SCC(=O)NC2CCCC(C)C2C)nnc1-c1cccc(Cl)c1. The van der Waals surface area contributed by atoms with Crippen LogP contribution in [0, 0.1) is 11.8 Å². The lowest BCUT2D eigenvalue weighted by molar-refractivity contribution is -0.120. The van der Waals surface area contributed by atoms with Crippen LogP contribution in [-0.2, 0) is 11.3 Å². The molecule has 0 radical (unpaired) electrons. The van der Waals surface area contributed by atoms with Crippen LogP contribution in [0.2, 0.25) is 5.02 Å². The maximum absolute atomic E-state index is 12.5. The number of benzene rings is 1. The molecule has 1 fully saturated rings. The Morgan fingerprint density at radius 1 is 1.33 bits per heavy atom. The first-order chi connectivity index (χ1) is 13.0. The van der Waals surface area contributed by atoms with Crippen molar-refractivity contribution in [3.8, 4) is 11.4 Å². The van der Waals surface area contributed by atoms with Gasteiger partial charge in [0.15, 0.2) is 11.0 Å². The fraction of sp³-hybridized carbons (Fsp3) is 0.550. The van der Waals surface area contributed by atoms with Gasteiger partial charge in [0.05, 0.1) is 5.75 Å². The number of halogens is 1. The molecule has 27 heavy (non-hydrogen) atoms. The van der Waals surface area contributed by atoms with E-state index in [0.29, 0.717) is 22.6 Å². The summed E-state index contributed by atoms with van der Waals surface area (Å²) in [5, 5.41) is 13.3. The van der Waals surface area contributed by atoms with Gasteiger partial charge >= 0.3 is 0 Å². The van der Waals surface area contributed by atoms with Gasteiger partial charge in [0.25, 0.3) is 0 Å². The molecule has 0 bridgehead atoms. The molecule has 3 atom stereocenters. The van der Waals surface area contributed by atoms with Crippen LogP contribution in [0.3, 0.4) is 0 Å². The molecule has 1 aromatic heterocycles. The average molecular weight is 407 g/mol. The standard InChI is InChI=1S/C20H27ClN4OS/c1-4-25-19(15-8-6-9-16(21)11-15)23-24-20(25)27-12-18(26)22-17-10-5-7-13(2)14(17)3/h6,8-9,11,13-14,17H,4-5,7,10,12H2,1-3H3,(H,22,26). The predicted molar refractivity (Wildman–Crippen MR) is 111 cm³/mol. The molecule has 5 nitrogen and oxygen atoms in total. The number of carbonyl (C=O) groups is 1. The van der Waals surface area contributed by atoms with E-state index in [-0.39, 0.29) is 11.9 Å². The van der Waals surface area contributed by atoms with Crippen molar-refractivity contribution in [1.82, 2.24) is 20.1 Å². The quantitative estimate of drug-likeness (QED) is 0.709. The number of rotatable bonds is 6. The molecule has 146 valence electrons. The molecule has 0 saturated heterocycles. The lowest BCUT2D eigenvalue weighted by Crippen LogP contribution is -2.44. The minimum Gasteiger partial charge on any atom is -0.352 e. The summed E-state index contributed by atoms with van der Waals surface area (Å²) in [5.74, 6) is 2.39. The Balaban J connectivity index is 1.63. The van der Waals surface area contributed by atoms with E-state index in [1.54, 1.807) is 0 Å². The number of aromatic nitrogens is 3. The molecule has 1 amide bonds. The average Bonchev–Trinajstić information content (AvgIpc) is 3.07. The second-order valence-electron chi connectivity index (χ2n) is 7.29. The Morgan fingerprint density at radius 2 is 2.15 bits per heavy atom. The molecule has 1 aliphatic carbocycles. The molecule has 1 saturated carbocycles. The first kappa shape index (κ1) is 20.2. The maximum atomic E-state index is 12.5. The van der Waals surface area contributed by atoms with Crippen LogP contribution >= 0.6 is 23.4 Å². The first-order valence-electron chi connectivity index (χ1n) is 9.61. The number of nitrogens with one attached hydrogen (secondary N) is 1. The minimum absolute atomic E-state index is 0.0703. The van der Waals surface area contributed by atoms with Gasteiger partial charge in [-0.05, 0) is 37.3 Å². The van der Waals surface area contributed by atoms with Crippen molar-refractivity contribution in [2.24, 2.45) is 11.8 Å². The van der Waals surface area contributed by atoms with Crippen molar-refractivity contribution < 1.29 is 4.79 Å². The van der Waals surface area contributed by atoms with Crippen molar-refractivity contribution in [1.29, 1.82) is 0 Å². The van der Waals surface area contributed by atoms with Gasteiger partial charge in [-0.1, -0.05) is 62.2 Å². The summed E-state index contributed by atoms with van der Waals surface area (Å²) in [4.78, 5) is 12.5. The van der Waals surface area contributed by atoms with Gasteiger partial charge in [0, 0.05) is 23.2 Å². The normalized spacial score (nSPS) is 22.6. The Hall–Kier alpha value is -1.53. The van der Waals surface area contributed by atoms with E-state index in [9.17, 15) is 4.79 Å². The van der Waals surface area contributed by atoms with Gasteiger partial charge in [0.2, 0.25) is 5.91 Å². The smallest absolute Gasteiger partial charge is 0.230 e. The number of carbonyl (C=O) groups excluding carboxylic acids is 1. The van der Waals surface area contributed by atoms with Crippen molar-refractivity contribution in [2.45, 2.75) is 57.8 Å². The van der Waals surface area contributed by atoms with Crippen molar-refractivity contribution in [3.63, 3.8) is 0 Å². The summed E-state index contributed by atoms with van der Waals surface area (Å²) in [6.07, 6.45) is 3.52. The lowest BCUT2D eigenvalue weighted by atomic mass is 9.78. The van der Waals surface area contributed by atoms with Crippen LogP contribution in [0.5, 0.6) is 0 Å². The summed E-state index contributed by atoms with van der Waals surface area (Å²) in [5.41, 5.74) is 0.929. The summed E-state index contributed by atoms with van der Waals surface area (Å²) >= 11 is 7.53. The second-order valence-corrected chi connectivity index (χ2v) is 8.67. The molecule has 0 aliphatic heterocycles. The van der Waals surface area contributed by atoms with Crippen molar-refractivity contribution in [2.75, 3.05) is 5.75 Å². The Morgan fingerprint density at radius 3 is 2.89 bits per heavy atom. The maximum Gasteiger partial charge on any atom is 0.230 e. The molecule has 1 aliphatic rings. The van der Waals surface area contributed by atoms with E-state index in [0.717, 1.165) is 29.5 Å². The Bertz CT molecular complexity index is 794. The molecule has 3 unspecified atom stereocenters. The molecule has 1 aromatic carbocycles. The molecule has 1 heterocycles. The van der Waals surface area contributed by atoms with E-state index >= 15 is 0 Å². The molecular weight excluding hydrogens is 380 g/mol. The molecule has 2 aromatic rings. The zero-order chi connectivity index (χ0) is 19.4. The van der Waals surface area contributed by atoms with Gasteiger partial charge < -0.3 is 9.88 Å². The summed E-state index contributed by atoms with van der Waals surface area (Å²) < 4.78 is 2.02. The third-order valence-corrected chi connectivity index (χ3v) is 6.70. The summed E-state index contributed by atoms with van der Waals surface area (Å²) in [6.45, 7) is 7.30. The Labute approximate surface area is 170 Å². The Kier molecular flexibility index (Phi) is 6.82. The van der Waals surface area contributed by atoms with Crippen LogP contribution in [0.15, 0.2) is 29.4 Å². The first-order valence-corrected chi connectivity index (χ1v) is 11.0. The van der Waals surface area contributed by atoms with Gasteiger partial charge in [-0.2, -0.15) is 0 Å². The summed E-state index contributed by atoms with van der Waals surface area (Å²) in [7, 11) is 0. The largest absolute Gasteiger partial charge is 0.352 e. The highest BCUT2D eigenvalue weighted by Crippen LogP contribution is 2.30. The van der Waals surface area contributed by atoms with E-state index in [1.165, 1.54) is 24.6 Å². The molecule has 7 heteroatoms. The molecule has 0 spiro atoms. The van der Waals surface area contributed by atoms with Crippen LogP contribution in [0.1, 0.15) is 40.0 Å². The lowest BCUT2D eigenvalue weighted by Gasteiger charge is -2.34. The number of amides is 1. The van der Waals surface area contributed by atoms with E-state index < -0.39 is 0 Å². The topological polar surface area (TPSA) is 59.8 Å². The third kappa shape index (κ3) is 4.85. The summed E-state index contributed by atoms with van der Waals surface area (Å²) in [6, 6.07) is 7.87. The predicted octanol–water partition coefficient (Wildman–Crippen LogP) is 4.65. The van der Waals surface area contributed by atoms with Gasteiger partial charge in [0.1, 0.15) is 0 Å². The van der Waals surface area contributed by atoms with Crippen molar-refractivity contribution in [3.05, 3.63) is 29.3 Å². The van der Waals surface area contributed by atoms with Crippen molar-refractivity contribution >= 4 is 29.3 Å². The van der Waals surface area contributed by atoms with E-state index in [2.05, 4.69) is 29.4 Å². The fourth-order valence-electron chi connectivity index (χ4n) is 3.69. The molecule has 3 rings (SSSR count). The third-order valence-electron chi connectivity index (χ3n) is 5.50. The zero-order valence-electron chi connectivity index (χ0n) is 16.1. The number of thioether (sulfide) groups is 1. The number of hydrogen-bond donors (Lipinski definition) is 1. The van der Waals surface area contributed by atoms with E-state index in [4.69, 9.17) is 11.6 Å². The highest BCUT2D eigenvalue weighted by atomic mass is 35.5. The van der Waals surface area contributed by atoms with Gasteiger partial charge in [-0.15, -0.1) is 10.2 Å². The van der Waals surface area contributed by atoms with E-state index in [1.807, 2.05) is 35.8 Å². The van der Waals surface area contributed by atoms with Crippen LogP contribution < -0.4 is 5.32 Å². The number of hydrogen-bond acceptors (Lipinski definition) is 4. The van der Waals surface area contributed by atoms with Crippen LogP contribution in [-0.4, -0.2) is 32.5 Å². The highest BCUT2D eigenvalue weighted by molar-refractivity contribution is 7.99. The monoisotopic (exact) mass is 406 g/mol. The zero-order valence-corrected chi connectivity index (χ0v) is 17.7. The highest BCUT2D eigenvalue weighted by Gasteiger charge is 2.28. The molecule has 1 N–H and O–H groups in total. The van der Waals surface area contributed by atoms with Gasteiger partial charge in [-0.25, -0.2) is 0 Å².